The van der Waals surface area contributed by atoms with Crippen molar-refractivity contribution in [1.82, 2.24) is 25.6 Å². The molecule has 0 aliphatic carbocycles. The number of carbonyl (C=O) groups excluding carboxylic acids is 1. The van der Waals surface area contributed by atoms with Crippen LogP contribution in [0.15, 0.2) is 6.20 Å². The zero-order chi connectivity index (χ0) is 15.5. The van der Waals surface area contributed by atoms with Gasteiger partial charge in [-0.05, 0) is 12.8 Å². The van der Waals surface area contributed by atoms with Gasteiger partial charge in [0, 0.05) is 26.3 Å². The summed E-state index contributed by atoms with van der Waals surface area (Å²) in [6.45, 7) is 4.64. The molecule has 3 N–H and O–H groups in total. The average molecular weight is 299 g/mol. The maximum absolute atomic E-state index is 11.4. The molecule has 0 aliphatic rings. The fourth-order valence-corrected chi connectivity index (χ4v) is 1.47. The second-order valence-corrected chi connectivity index (χ2v) is 4.32. The normalized spacial score (nSPS) is 10.3. The molecule has 9 heteroatoms. The van der Waals surface area contributed by atoms with E-state index >= 15 is 0 Å². The first kappa shape index (κ1) is 16.9. The standard InChI is InChI=1S/C12H21N5O4/c1-2-7-21-8-3-4-13-12(20)14-5-6-17-9-10(11(18)19)15-16-17/h9H,2-8H2,1H3,(H,18,19)(H2,13,14,20). The van der Waals surface area contributed by atoms with Gasteiger partial charge in [0.15, 0.2) is 5.69 Å². The molecular formula is C12H21N5O4. The summed E-state index contributed by atoms with van der Waals surface area (Å²) < 4.78 is 6.65. The monoisotopic (exact) mass is 299 g/mol. The first-order valence-electron chi connectivity index (χ1n) is 6.86. The number of hydrogen-bond donors (Lipinski definition) is 3. The van der Waals surface area contributed by atoms with Crippen molar-refractivity contribution >= 4 is 12.0 Å². The number of carbonyl (C=O) groups is 2. The quantitative estimate of drug-likeness (QED) is 0.527. The van der Waals surface area contributed by atoms with Gasteiger partial charge in [-0.2, -0.15) is 0 Å². The third kappa shape index (κ3) is 7.25. The van der Waals surface area contributed by atoms with E-state index in [2.05, 4.69) is 20.9 Å². The second-order valence-electron chi connectivity index (χ2n) is 4.32. The van der Waals surface area contributed by atoms with Gasteiger partial charge in [0.05, 0.1) is 12.7 Å². The summed E-state index contributed by atoms with van der Waals surface area (Å²) in [5.41, 5.74) is -0.119. The van der Waals surface area contributed by atoms with E-state index in [1.165, 1.54) is 10.9 Å². The SMILES string of the molecule is CCCOCCCNC(=O)NCCn1cc(C(=O)O)nn1. The van der Waals surface area contributed by atoms with Crippen LogP contribution in [0.3, 0.4) is 0 Å². The third-order valence-corrected chi connectivity index (χ3v) is 2.48. The van der Waals surface area contributed by atoms with Gasteiger partial charge in [-0.3, -0.25) is 0 Å². The molecule has 1 heterocycles. The number of hydrogen-bond acceptors (Lipinski definition) is 5. The van der Waals surface area contributed by atoms with E-state index in [0.29, 0.717) is 26.2 Å². The summed E-state index contributed by atoms with van der Waals surface area (Å²) in [5.74, 6) is -1.13. The Morgan fingerprint density at radius 2 is 2.10 bits per heavy atom. The van der Waals surface area contributed by atoms with E-state index in [0.717, 1.165) is 19.4 Å². The lowest BCUT2D eigenvalue weighted by atomic mass is 10.4. The van der Waals surface area contributed by atoms with Gasteiger partial charge in [-0.15, -0.1) is 5.10 Å². The van der Waals surface area contributed by atoms with Crippen molar-refractivity contribution in [2.24, 2.45) is 0 Å². The predicted molar refractivity (Wildman–Crippen MR) is 74.1 cm³/mol. The topological polar surface area (TPSA) is 118 Å². The first-order chi connectivity index (χ1) is 10.1. The summed E-state index contributed by atoms with van der Waals surface area (Å²) >= 11 is 0. The number of carboxylic acids is 1. The number of ether oxygens (including phenoxy) is 1. The van der Waals surface area contributed by atoms with E-state index < -0.39 is 5.97 Å². The van der Waals surface area contributed by atoms with Crippen LogP contribution in [0.4, 0.5) is 4.79 Å². The maximum Gasteiger partial charge on any atom is 0.358 e. The number of aromatic nitrogens is 3. The van der Waals surface area contributed by atoms with Gasteiger partial charge in [-0.1, -0.05) is 12.1 Å². The highest BCUT2D eigenvalue weighted by atomic mass is 16.5. The molecule has 0 atom stereocenters. The van der Waals surface area contributed by atoms with Gasteiger partial charge < -0.3 is 20.5 Å². The van der Waals surface area contributed by atoms with E-state index in [9.17, 15) is 9.59 Å². The molecule has 118 valence electrons. The number of aromatic carboxylic acids is 1. The number of urea groups is 1. The lowest BCUT2D eigenvalue weighted by Gasteiger charge is -2.07. The van der Waals surface area contributed by atoms with Crippen LogP contribution in [-0.2, 0) is 11.3 Å². The lowest BCUT2D eigenvalue weighted by molar-refractivity contribution is 0.0690. The molecule has 1 aromatic rings. The number of nitrogens with zero attached hydrogens (tertiary/aromatic N) is 3. The molecule has 21 heavy (non-hydrogen) atoms. The van der Waals surface area contributed by atoms with Crippen molar-refractivity contribution in [3.63, 3.8) is 0 Å². The third-order valence-electron chi connectivity index (χ3n) is 2.48. The minimum absolute atomic E-state index is 0.119. The molecule has 0 bridgehead atoms. The summed E-state index contributed by atoms with van der Waals surface area (Å²) in [7, 11) is 0. The predicted octanol–water partition coefficient (Wildman–Crippen LogP) is 0.0922. The minimum atomic E-state index is -1.13. The Kier molecular flexibility index (Phi) is 7.80. The van der Waals surface area contributed by atoms with E-state index in [4.69, 9.17) is 9.84 Å². The van der Waals surface area contributed by atoms with Crippen LogP contribution in [0, 0.1) is 0 Å². The van der Waals surface area contributed by atoms with Crippen LogP contribution in [0.5, 0.6) is 0 Å². The molecule has 2 amide bonds. The zero-order valence-corrected chi connectivity index (χ0v) is 12.0. The van der Waals surface area contributed by atoms with Crippen LogP contribution in [0.25, 0.3) is 0 Å². The van der Waals surface area contributed by atoms with Gasteiger partial charge in [-0.25, -0.2) is 14.3 Å². The molecule has 9 nitrogen and oxygen atoms in total. The molecule has 1 rings (SSSR count). The number of amides is 2. The average Bonchev–Trinajstić information content (AvgIpc) is 2.92. The lowest BCUT2D eigenvalue weighted by Crippen LogP contribution is -2.38. The largest absolute Gasteiger partial charge is 0.476 e. The highest BCUT2D eigenvalue weighted by Crippen LogP contribution is 1.91. The fraction of sp³-hybridized carbons (Fsp3) is 0.667. The van der Waals surface area contributed by atoms with Crippen molar-refractivity contribution in [3.8, 4) is 0 Å². The maximum atomic E-state index is 11.4. The molecule has 0 saturated heterocycles. The summed E-state index contributed by atoms with van der Waals surface area (Å²) in [6.07, 6.45) is 3.06. The van der Waals surface area contributed by atoms with Gasteiger partial charge in [0.25, 0.3) is 0 Å². The van der Waals surface area contributed by atoms with Crippen molar-refractivity contribution in [2.45, 2.75) is 26.3 Å². The van der Waals surface area contributed by atoms with Crippen LogP contribution >= 0.6 is 0 Å². The summed E-state index contributed by atoms with van der Waals surface area (Å²) in [6, 6.07) is -0.274. The van der Waals surface area contributed by atoms with E-state index in [1.807, 2.05) is 6.92 Å². The summed E-state index contributed by atoms with van der Waals surface area (Å²) in [4.78, 5) is 22.0. The highest BCUT2D eigenvalue weighted by molar-refractivity contribution is 5.84. The van der Waals surface area contributed by atoms with Crippen LogP contribution < -0.4 is 10.6 Å². The van der Waals surface area contributed by atoms with Crippen molar-refractivity contribution in [2.75, 3.05) is 26.3 Å². The molecule has 0 fully saturated rings. The molecular weight excluding hydrogens is 278 g/mol. The molecule has 0 saturated carbocycles. The van der Waals surface area contributed by atoms with Crippen molar-refractivity contribution in [1.29, 1.82) is 0 Å². The Balaban J connectivity index is 2.06. The molecule has 0 spiro atoms. The zero-order valence-electron chi connectivity index (χ0n) is 12.0. The summed E-state index contributed by atoms with van der Waals surface area (Å²) in [5, 5.41) is 21.1. The molecule has 0 unspecified atom stereocenters. The first-order valence-corrected chi connectivity index (χ1v) is 6.86. The number of nitrogens with one attached hydrogen (secondary N) is 2. The Labute approximate surface area is 122 Å². The number of rotatable bonds is 10. The van der Waals surface area contributed by atoms with Crippen molar-refractivity contribution < 1.29 is 19.4 Å². The molecule has 1 aromatic heterocycles. The molecule has 0 radical (unpaired) electrons. The van der Waals surface area contributed by atoms with E-state index in [1.54, 1.807) is 0 Å². The van der Waals surface area contributed by atoms with Crippen LogP contribution in [-0.4, -0.2) is 58.4 Å². The Bertz CT molecular complexity index is 449. The van der Waals surface area contributed by atoms with Gasteiger partial charge in [0.1, 0.15) is 0 Å². The van der Waals surface area contributed by atoms with Crippen LogP contribution in [0.2, 0.25) is 0 Å². The second kappa shape index (κ2) is 9.70. The van der Waals surface area contributed by atoms with Gasteiger partial charge >= 0.3 is 12.0 Å². The smallest absolute Gasteiger partial charge is 0.358 e. The Morgan fingerprint density at radius 1 is 1.33 bits per heavy atom. The Hall–Kier alpha value is -2.16. The van der Waals surface area contributed by atoms with E-state index in [-0.39, 0.29) is 11.7 Å². The van der Waals surface area contributed by atoms with Gasteiger partial charge in [0.2, 0.25) is 0 Å². The highest BCUT2D eigenvalue weighted by Gasteiger charge is 2.07. The van der Waals surface area contributed by atoms with Crippen molar-refractivity contribution in [3.05, 3.63) is 11.9 Å². The van der Waals surface area contributed by atoms with Crippen LogP contribution in [0.1, 0.15) is 30.3 Å². The Morgan fingerprint density at radius 3 is 2.76 bits per heavy atom. The number of carboxylic acid groups (broad SMARTS) is 1. The fourth-order valence-electron chi connectivity index (χ4n) is 1.47. The molecule has 0 aliphatic heterocycles. The minimum Gasteiger partial charge on any atom is -0.476 e. The molecule has 0 aromatic carbocycles.